The Labute approximate surface area is 134 Å². The Hall–Kier alpha value is -2.27. The topological polar surface area (TPSA) is 41.1 Å². The second kappa shape index (κ2) is 7.83. The molecule has 2 aromatic carbocycles. The van der Waals surface area contributed by atoms with Crippen molar-refractivity contribution in [1.29, 1.82) is 0 Å². The summed E-state index contributed by atoms with van der Waals surface area (Å²) in [5.74, 6) is -1.93. The number of rotatable bonds is 6. The Kier molecular flexibility index (Phi) is 5.82. The summed E-state index contributed by atoms with van der Waals surface area (Å²) in [6.07, 6.45) is 0. The minimum absolute atomic E-state index is 0.0935. The minimum atomic E-state index is -0.890. The zero-order valence-electron chi connectivity index (χ0n) is 13.1. The van der Waals surface area contributed by atoms with Crippen LogP contribution in [-0.2, 0) is 4.79 Å². The van der Waals surface area contributed by atoms with E-state index in [2.05, 4.69) is 10.6 Å². The highest BCUT2D eigenvalue weighted by Crippen LogP contribution is 2.16. The fourth-order valence-electron chi connectivity index (χ4n) is 2.26. The van der Waals surface area contributed by atoms with Crippen molar-refractivity contribution in [2.45, 2.75) is 25.9 Å². The third-order valence-electron chi connectivity index (χ3n) is 3.69. The number of carbonyl (C=O) groups excluding carboxylic acids is 1. The zero-order chi connectivity index (χ0) is 16.8. The van der Waals surface area contributed by atoms with Gasteiger partial charge in [0.05, 0.1) is 12.6 Å². The van der Waals surface area contributed by atoms with Gasteiger partial charge in [-0.3, -0.25) is 4.79 Å². The SMILES string of the molecule is C[C@H](NCC(=O)N[C@@H](C)c1ccccc1)c1ccc(F)c(F)c1. The molecule has 0 aliphatic carbocycles. The number of hydrogen-bond donors (Lipinski definition) is 2. The number of carbonyl (C=O) groups is 1. The molecule has 5 heteroatoms. The predicted octanol–water partition coefficient (Wildman–Crippen LogP) is 3.49. The molecular formula is C18H20F2N2O. The molecule has 0 spiro atoms. The van der Waals surface area contributed by atoms with Gasteiger partial charge in [0.25, 0.3) is 0 Å². The number of nitrogens with one attached hydrogen (secondary N) is 2. The van der Waals surface area contributed by atoms with E-state index in [1.807, 2.05) is 37.3 Å². The maximum absolute atomic E-state index is 13.2. The van der Waals surface area contributed by atoms with E-state index < -0.39 is 11.6 Å². The molecular weight excluding hydrogens is 298 g/mol. The van der Waals surface area contributed by atoms with Gasteiger partial charge in [-0.25, -0.2) is 8.78 Å². The minimum Gasteiger partial charge on any atom is -0.348 e. The molecule has 2 atom stereocenters. The van der Waals surface area contributed by atoms with E-state index in [0.29, 0.717) is 5.56 Å². The summed E-state index contributed by atoms with van der Waals surface area (Å²) in [7, 11) is 0. The summed E-state index contributed by atoms with van der Waals surface area (Å²) in [5.41, 5.74) is 1.61. The molecule has 0 aromatic heterocycles. The lowest BCUT2D eigenvalue weighted by atomic mass is 10.1. The van der Waals surface area contributed by atoms with Gasteiger partial charge in [-0.1, -0.05) is 36.4 Å². The molecule has 1 amide bonds. The molecule has 0 saturated heterocycles. The number of amides is 1. The van der Waals surface area contributed by atoms with Crippen LogP contribution in [0.2, 0.25) is 0 Å². The summed E-state index contributed by atoms with van der Waals surface area (Å²) >= 11 is 0. The highest BCUT2D eigenvalue weighted by Gasteiger charge is 2.12. The van der Waals surface area contributed by atoms with Gasteiger partial charge in [0.1, 0.15) is 0 Å². The van der Waals surface area contributed by atoms with Crippen molar-refractivity contribution < 1.29 is 13.6 Å². The Morgan fingerprint density at radius 1 is 0.957 bits per heavy atom. The molecule has 0 fully saturated rings. The first-order valence-corrected chi connectivity index (χ1v) is 7.50. The second-order valence-corrected chi connectivity index (χ2v) is 5.48. The van der Waals surface area contributed by atoms with E-state index in [1.165, 1.54) is 6.07 Å². The normalized spacial score (nSPS) is 13.4. The van der Waals surface area contributed by atoms with Crippen molar-refractivity contribution in [1.82, 2.24) is 10.6 Å². The summed E-state index contributed by atoms with van der Waals surface area (Å²) in [6, 6.07) is 13.0. The summed E-state index contributed by atoms with van der Waals surface area (Å²) in [5, 5.41) is 5.89. The van der Waals surface area contributed by atoms with E-state index >= 15 is 0 Å². The third-order valence-corrected chi connectivity index (χ3v) is 3.69. The van der Waals surface area contributed by atoms with Crippen LogP contribution in [0.15, 0.2) is 48.5 Å². The van der Waals surface area contributed by atoms with Crippen LogP contribution in [0.25, 0.3) is 0 Å². The van der Waals surface area contributed by atoms with E-state index in [0.717, 1.165) is 17.7 Å². The van der Waals surface area contributed by atoms with Gasteiger partial charge >= 0.3 is 0 Å². The van der Waals surface area contributed by atoms with Crippen molar-refractivity contribution >= 4 is 5.91 Å². The van der Waals surface area contributed by atoms with Crippen molar-refractivity contribution in [3.8, 4) is 0 Å². The molecule has 3 nitrogen and oxygen atoms in total. The molecule has 0 saturated carbocycles. The molecule has 0 aliphatic rings. The van der Waals surface area contributed by atoms with Crippen LogP contribution >= 0.6 is 0 Å². The average Bonchev–Trinajstić information content (AvgIpc) is 2.56. The van der Waals surface area contributed by atoms with Crippen LogP contribution in [0.1, 0.15) is 37.1 Å². The van der Waals surface area contributed by atoms with Crippen LogP contribution in [0.5, 0.6) is 0 Å². The fourth-order valence-corrected chi connectivity index (χ4v) is 2.26. The summed E-state index contributed by atoms with van der Waals surface area (Å²) in [6.45, 7) is 3.80. The van der Waals surface area contributed by atoms with E-state index in [1.54, 1.807) is 6.92 Å². The second-order valence-electron chi connectivity index (χ2n) is 5.48. The van der Waals surface area contributed by atoms with Crippen molar-refractivity contribution in [3.05, 3.63) is 71.3 Å². The highest BCUT2D eigenvalue weighted by atomic mass is 19.2. The van der Waals surface area contributed by atoms with E-state index in [4.69, 9.17) is 0 Å². The van der Waals surface area contributed by atoms with E-state index in [9.17, 15) is 13.6 Å². The van der Waals surface area contributed by atoms with Gasteiger partial charge in [0, 0.05) is 6.04 Å². The largest absolute Gasteiger partial charge is 0.348 e. The van der Waals surface area contributed by atoms with Gasteiger partial charge in [0.2, 0.25) is 5.91 Å². The van der Waals surface area contributed by atoms with Gasteiger partial charge in [-0.15, -0.1) is 0 Å². The Morgan fingerprint density at radius 2 is 1.65 bits per heavy atom. The van der Waals surface area contributed by atoms with Crippen LogP contribution in [0.3, 0.4) is 0 Å². The summed E-state index contributed by atoms with van der Waals surface area (Å²) in [4.78, 5) is 12.0. The first-order valence-electron chi connectivity index (χ1n) is 7.50. The smallest absolute Gasteiger partial charge is 0.234 e. The lowest BCUT2D eigenvalue weighted by Gasteiger charge is -2.17. The number of hydrogen-bond acceptors (Lipinski definition) is 2. The maximum atomic E-state index is 13.2. The highest BCUT2D eigenvalue weighted by molar-refractivity contribution is 5.78. The molecule has 0 radical (unpaired) electrons. The molecule has 0 heterocycles. The molecule has 2 N–H and O–H groups in total. The molecule has 0 aliphatic heterocycles. The van der Waals surface area contributed by atoms with Crippen LogP contribution in [0, 0.1) is 11.6 Å². The summed E-state index contributed by atoms with van der Waals surface area (Å²) < 4.78 is 26.1. The third kappa shape index (κ3) is 4.86. The first kappa shape index (κ1) is 17.1. The molecule has 2 aromatic rings. The molecule has 2 rings (SSSR count). The standard InChI is InChI=1S/C18H20F2N2O/c1-12(15-8-9-16(19)17(20)10-15)21-11-18(23)22-13(2)14-6-4-3-5-7-14/h3-10,12-13,21H,11H2,1-2H3,(H,22,23)/t12-,13-/m0/s1. The average molecular weight is 318 g/mol. The Bertz CT molecular complexity index is 661. The van der Waals surface area contributed by atoms with Crippen LogP contribution in [0.4, 0.5) is 8.78 Å². The van der Waals surface area contributed by atoms with Gasteiger partial charge < -0.3 is 10.6 Å². The number of benzene rings is 2. The van der Waals surface area contributed by atoms with Gasteiger partial charge in [-0.2, -0.15) is 0 Å². The van der Waals surface area contributed by atoms with Crippen molar-refractivity contribution in [2.75, 3.05) is 6.54 Å². The molecule has 0 bridgehead atoms. The predicted molar refractivity (Wildman–Crippen MR) is 85.8 cm³/mol. The Balaban J connectivity index is 1.85. The van der Waals surface area contributed by atoms with Gasteiger partial charge in [0.15, 0.2) is 11.6 Å². The molecule has 23 heavy (non-hydrogen) atoms. The van der Waals surface area contributed by atoms with Gasteiger partial charge in [-0.05, 0) is 37.1 Å². The monoisotopic (exact) mass is 318 g/mol. The maximum Gasteiger partial charge on any atom is 0.234 e. The van der Waals surface area contributed by atoms with Crippen LogP contribution in [-0.4, -0.2) is 12.5 Å². The quantitative estimate of drug-likeness (QED) is 0.856. The molecule has 122 valence electrons. The van der Waals surface area contributed by atoms with Crippen LogP contribution < -0.4 is 10.6 Å². The number of halogens is 2. The van der Waals surface area contributed by atoms with Crippen molar-refractivity contribution in [3.63, 3.8) is 0 Å². The lowest BCUT2D eigenvalue weighted by Crippen LogP contribution is -2.36. The lowest BCUT2D eigenvalue weighted by molar-refractivity contribution is -0.121. The fraction of sp³-hybridized carbons (Fsp3) is 0.278. The van der Waals surface area contributed by atoms with Crippen molar-refractivity contribution in [2.24, 2.45) is 0 Å². The molecule has 0 unspecified atom stereocenters. The first-order chi connectivity index (χ1) is 11.0. The Morgan fingerprint density at radius 3 is 2.30 bits per heavy atom. The zero-order valence-corrected chi connectivity index (χ0v) is 13.1. The van der Waals surface area contributed by atoms with E-state index in [-0.39, 0.29) is 24.5 Å².